The van der Waals surface area contributed by atoms with E-state index >= 15 is 0 Å². The number of anilines is 1. The summed E-state index contributed by atoms with van der Waals surface area (Å²) in [5, 5.41) is 10.4. The van der Waals surface area contributed by atoms with Gasteiger partial charge in [-0.25, -0.2) is 13.8 Å². The van der Waals surface area contributed by atoms with Gasteiger partial charge < -0.3 is 5.11 Å². The summed E-state index contributed by atoms with van der Waals surface area (Å²) in [7, 11) is 0. The number of ketones is 1. The highest BCUT2D eigenvalue weighted by molar-refractivity contribution is 6.55. The first-order valence-electron chi connectivity index (χ1n) is 6.26. The number of carbonyl (C=O) groups excluding carboxylic acids is 1. The lowest BCUT2D eigenvalue weighted by Crippen LogP contribution is -2.36. The highest BCUT2D eigenvalue weighted by atomic mass is 19.1. The molecule has 21 heavy (non-hydrogen) atoms. The number of aliphatic hydroxyl groups is 1. The van der Waals surface area contributed by atoms with E-state index in [1.807, 2.05) is 0 Å². The van der Waals surface area contributed by atoms with Crippen molar-refractivity contribution < 1.29 is 18.7 Å². The van der Waals surface area contributed by atoms with E-state index in [2.05, 4.69) is 4.99 Å². The summed E-state index contributed by atoms with van der Waals surface area (Å²) in [5.74, 6) is -1.49. The van der Waals surface area contributed by atoms with Crippen molar-refractivity contribution in [2.45, 2.75) is 6.23 Å². The molecule has 2 aromatic rings. The fraction of sp³-hybridized carbons (Fsp3) is 0.0667. The van der Waals surface area contributed by atoms with Gasteiger partial charge in [-0.1, -0.05) is 0 Å². The molecular formula is C15H8F2N2O2. The summed E-state index contributed by atoms with van der Waals surface area (Å²) in [4.78, 5) is 17.7. The second-order valence-corrected chi connectivity index (χ2v) is 4.87. The molecule has 2 aliphatic heterocycles. The predicted octanol–water partition coefficient (Wildman–Crippen LogP) is 2.70. The molecule has 4 nitrogen and oxygen atoms in total. The number of aliphatic hydroxyl groups excluding tert-OH is 1. The van der Waals surface area contributed by atoms with Crippen LogP contribution in [-0.2, 0) is 0 Å². The Morgan fingerprint density at radius 1 is 1.10 bits per heavy atom. The molecule has 0 aliphatic carbocycles. The SMILES string of the molecule is O=C1C2=Nc3ccc(F)cc3C(O)N2c2ccc(F)cc21. The third-order valence-corrected chi connectivity index (χ3v) is 3.63. The Labute approximate surface area is 118 Å². The van der Waals surface area contributed by atoms with Crippen molar-refractivity contribution in [3.05, 3.63) is 59.2 Å². The van der Waals surface area contributed by atoms with Crippen LogP contribution in [0.1, 0.15) is 22.1 Å². The van der Waals surface area contributed by atoms with Crippen LogP contribution < -0.4 is 4.90 Å². The lowest BCUT2D eigenvalue weighted by molar-refractivity contribution is 0.106. The number of Topliss-reactive ketones (excluding diaryl/α,β-unsaturated/α-hetero) is 1. The molecule has 0 aromatic heterocycles. The fourth-order valence-corrected chi connectivity index (χ4v) is 2.68. The first-order chi connectivity index (χ1) is 10.1. The average molecular weight is 286 g/mol. The van der Waals surface area contributed by atoms with Crippen LogP contribution in [0.4, 0.5) is 20.2 Å². The monoisotopic (exact) mass is 286 g/mol. The van der Waals surface area contributed by atoms with Crippen LogP contribution >= 0.6 is 0 Å². The molecule has 1 N–H and O–H groups in total. The molecule has 0 radical (unpaired) electrons. The summed E-state index contributed by atoms with van der Waals surface area (Å²) in [6.45, 7) is 0. The van der Waals surface area contributed by atoms with Crippen LogP contribution in [0, 0.1) is 11.6 Å². The topological polar surface area (TPSA) is 52.9 Å². The standard InChI is InChI=1S/C15H8F2N2O2/c16-7-1-3-11-9(5-7)15(21)19-12-4-2-8(17)6-10(12)13(20)14(19)18-11/h1-6,15,21H. The summed E-state index contributed by atoms with van der Waals surface area (Å²) in [5.41, 5.74) is 1.10. The first-order valence-corrected chi connectivity index (χ1v) is 6.26. The molecule has 0 bridgehead atoms. The largest absolute Gasteiger partial charge is 0.369 e. The molecule has 104 valence electrons. The van der Waals surface area contributed by atoms with Crippen LogP contribution in [0.5, 0.6) is 0 Å². The minimum atomic E-state index is -1.24. The smallest absolute Gasteiger partial charge is 0.230 e. The number of hydrogen-bond acceptors (Lipinski definition) is 4. The molecular weight excluding hydrogens is 278 g/mol. The number of rotatable bonds is 0. The van der Waals surface area contributed by atoms with E-state index in [1.54, 1.807) is 0 Å². The highest BCUT2D eigenvalue weighted by Crippen LogP contribution is 2.42. The summed E-state index contributed by atoms with van der Waals surface area (Å²) in [6.07, 6.45) is -1.24. The Morgan fingerprint density at radius 3 is 2.62 bits per heavy atom. The zero-order valence-corrected chi connectivity index (χ0v) is 10.5. The zero-order chi connectivity index (χ0) is 14.7. The Bertz CT molecular complexity index is 832. The van der Waals surface area contributed by atoms with Crippen LogP contribution in [-0.4, -0.2) is 16.7 Å². The van der Waals surface area contributed by atoms with Crippen LogP contribution in [0.2, 0.25) is 0 Å². The molecule has 0 saturated carbocycles. The van der Waals surface area contributed by atoms with Gasteiger partial charge in [-0.15, -0.1) is 0 Å². The van der Waals surface area contributed by atoms with E-state index in [9.17, 15) is 18.7 Å². The molecule has 2 aliphatic rings. The highest BCUT2D eigenvalue weighted by Gasteiger charge is 2.41. The molecule has 0 saturated heterocycles. The maximum atomic E-state index is 13.3. The predicted molar refractivity (Wildman–Crippen MR) is 71.7 cm³/mol. The summed E-state index contributed by atoms with van der Waals surface area (Å²) < 4.78 is 26.6. The molecule has 4 rings (SSSR count). The Balaban J connectivity index is 1.96. The molecule has 0 fully saturated rings. The number of halogens is 2. The van der Waals surface area contributed by atoms with Crippen molar-refractivity contribution in [2.24, 2.45) is 4.99 Å². The normalized spacial score (nSPS) is 19.0. The van der Waals surface area contributed by atoms with Gasteiger partial charge in [-0.2, -0.15) is 0 Å². The minimum absolute atomic E-state index is 0.0159. The van der Waals surface area contributed by atoms with Crippen molar-refractivity contribution in [1.29, 1.82) is 0 Å². The number of aliphatic imine (C=N–C) groups is 1. The van der Waals surface area contributed by atoms with Crippen molar-refractivity contribution in [1.82, 2.24) is 0 Å². The van der Waals surface area contributed by atoms with Crippen LogP contribution in [0.15, 0.2) is 41.4 Å². The van der Waals surface area contributed by atoms with Gasteiger partial charge in [0.2, 0.25) is 5.78 Å². The van der Waals surface area contributed by atoms with Crippen LogP contribution in [0.25, 0.3) is 0 Å². The summed E-state index contributed by atoms with van der Waals surface area (Å²) >= 11 is 0. The number of benzene rings is 2. The van der Waals surface area contributed by atoms with Gasteiger partial charge in [0, 0.05) is 5.56 Å². The molecule has 1 atom stereocenters. The van der Waals surface area contributed by atoms with E-state index in [0.717, 1.165) is 6.07 Å². The zero-order valence-electron chi connectivity index (χ0n) is 10.5. The van der Waals surface area contributed by atoms with Gasteiger partial charge in [0.25, 0.3) is 0 Å². The van der Waals surface area contributed by atoms with Gasteiger partial charge in [-0.3, -0.25) is 9.69 Å². The lowest BCUT2D eigenvalue weighted by atomic mass is 10.1. The molecule has 0 spiro atoms. The molecule has 6 heteroatoms. The second-order valence-electron chi connectivity index (χ2n) is 4.87. The maximum absolute atomic E-state index is 13.3. The number of nitrogens with zero attached hydrogens (tertiary/aromatic N) is 2. The number of carbonyl (C=O) groups is 1. The number of fused-ring (bicyclic) bond motifs is 4. The average Bonchev–Trinajstić information content (AvgIpc) is 2.73. The first kappa shape index (κ1) is 12.2. The second kappa shape index (κ2) is 3.95. The molecule has 1 unspecified atom stereocenters. The van der Waals surface area contributed by atoms with E-state index < -0.39 is 23.6 Å². The van der Waals surface area contributed by atoms with E-state index in [4.69, 9.17) is 0 Å². The Kier molecular flexibility index (Phi) is 2.29. The van der Waals surface area contributed by atoms with Gasteiger partial charge in [-0.05, 0) is 36.4 Å². The van der Waals surface area contributed by atoms with E-state index in [1.165, 1.54) is 35.2 Å². The minimum Gasteiger partial charge on any atom is -0.369 e. The maximum Gasteiger partial charge on any atom is 0.230 e. The fourth-order valence-electron chi connectivity index (χ4n) is 2.68. The van der Waals surface area contributed by atoms with Gasteiger partial charge in [0.15, 0.2) is 12.1 Å². The lowest BCUT2D eigenvalue weighted by Gasteiger charge is -2.30. The third kappa shape index (κ3) is 1.56. The summed E-state index contributed by atoms with van der Waals surface area (Å²) in [6, 6.07) is 7.48. The van der Waals surface area contributed by atoms with E-state index in [0.29, 0.717) is 11.4 Å². The number of hydrogen-bond donors (Lipinski definition) is 1. The molecule has 0 amide bonds. The van der Waals surface area contributed by atoms with Crippen molar-refractivity contribution in [3.63, 3.8) is 0 Å². The van der Waals surface area contributed by atoms with Gasteiger partial charge in [0.1, 0.15) is 11.6 Å². The van der Waals surface area contributed by atoms with Crippen molar-refractivity contribution >= 4 is 23.0 Å². The Hall–Kier alpha value is -2.60. The van der Waals surface area contributed by atoms with E-state index in [-0.39, 0.29) is 17.0 Å². The number of amidine groups is 1. The van der Waals surface area contributed by atoms with Crippen molar-refractivity contribution in [2.75, 3.05) is 4.90 Å². The van der Waals surface area contributed by atoms with Gasteiger partial charge >= 0.3 is 0 Å². The molecule has 2 heterocycles. The third-order valence-electron chi connectivity index (χ3n) is 3.63. The quantitative estimate of drug-likeness (QED) is 0.810. The Morgan fingerprint density at radius 2 is 1.81 bits per heavy atom. The molecule has 2 aromatic carbocycles. The van der Waals surface area contributed by atoms with Gasteiger partial charge in [0.05, 0.1) is 16.9 Å². The van der Waals surface area contributed by atoms with Crippen molar-refractivity contribution in [3.8, 4) is 0 Å². The van der Waals surface area contributed by atoms with Crippen LogP contribution in [0.3, 0.4) is 0 Å².